The molecule has 2 aromatic heterocycles. The fourth-order valence-corrected chi connectivity index (χ4v) is 4.88. The molecule has 1 aromatic carbocycles. The van der Waals surface area contributed by atoms with Gasteiger partial charge in [-0.1, -0.05) is 46.8 Å². The number of amides is 1. The number of anilines is 1. The molecule has 0 spiro atoms. The van der Waals surface area contributed by atoms with Crippen molar-refractivity contribution in [2.75, 3.05) is 18.7 Å². The fraction of sp³-hybridized carbons (Fsp3) is 0.176. The van der Waals surface area contributed by atoms with E-state index >= 15 is 0 Å². The molecule has 0 saturated heterocycles. The number of hydrogen-bond donors (Lipinski definition) is 1. The fourth-order valence-electron chi connectivity index (χ4n) is 2.35. The first-order chi connectivity index (χ1) is 14.7. The Balaban J connectivity index is 1.85. The molecule has 0 unspecified atom stereocenters. The van der Waals surface area contributed by atoms with Gasteiger partial charge in [0.15, 0.2) is 10.0 Å². The van der Waals surface area contributed by atoms with E-state index in [0.717, 1.165) is 17.5 Å². The quantitative estimate of drug-likeness (QED) is 0.223. The lowest BCUT2D eigenvalue weighted by atomic mass is 10.1. The smallest absolute Gasteiger partial charge is 0.337 e. The van der Waals surface area contributed by atoms with Gasteiger partial charge in [-0.15, -0.1) is 10.2 Å². The monoisotopic (exact) mass is 499 g/mol. The summed E-state index contributed by atoms with van der Waals surface area (Å²) < 4.78 is 30.9. The Morgan fingerprint density at radius 3 is 2.74 bits per heavy atom. The van der Waals surface area contributed by atoms with Crippen LogP contribution in [0.4, 0.5) is 5.13 Å². The minimum Gasteiger partial charge on any atom is -0.465 e. The van der Waals surface area contributed by atoms with Gasteiger partial charge in [0, 0.05) is 0 Å². The number of halogens is 1. The van der Waals surface area contributed by atoms with Crippen molar-refractivity contribution < 1.29 is 22.7 Å². The highest BCUT2D eigenvalue weighted by Gasteiger charge is 2.24. The maximum atomic E-state index is 12.8. The Labute approximate surface area is 190 Å². The summed E-state index contributed by atoms with van der Waals surface area (Å²) in [5.41, 5.74) is 0.208. The minimum atomic E-state index is -4.05. The number of hydrogen-bond acceptors (Lipinski definition) is 11. The first-order valence-corrected chi connectivity index (χ1v) is 12.4. The van der Waals surface area contributed by atoms with E-state index in [9.17, 15) is 18.0 Å². The summed E-state index contributed by atoms with van der Waals surface area (Å²) in [6, 6.07) is 5.96. The van der Waals surface area contributed by atoms with Crippen LogP contribution < -0.4 is 5.32 Å². The number of carbonyl (C=O) groups excluding carboxylic acids is 2. The van der Waals surface area contributed by atoms with E-state index in [2.05, 4.69) is 30.2 Å². The highest BCUT2D eigenvalue weighted by molar-refractivity contribution is 8.00. The zero-order chi connectivity index (χ0) is 22.6. The number of methoxy groups -OCH3 is 1. The van der Waals surface area contributed by atoms with Crippen LogP contribution in [0.2, 0.25) is 5.02 Å². The van der Waals surface area contributed by atoms with E-state index in [1.54, 1.807) is 0 Å². The first-order valence-electron chi connectivity index (χ1n) is 8.35. The van der Waals surface area contributed by atoms with Crippen LogP contribution >= 0.6 is 34.7 Å². The molecule has 2 heterocycles. The third-order valence-corrected chi connectivity index (χ3v) is 7.28. The number of sulfone groups is 1. The van der Waals surface area contributed by atoms with Crippen molar-refractivity contribution in [1.82, 2.24) is 20.2 Å². The van der Waals surface area contributed by atoms with E-state index in [-0.39, 0.29) is 21.4 Å². The van der Waals surface area contributed by atoms with Crippen LogP contribution in [-0.2, 0) is 20.3 Å². The van der Waals surface area contributed by atoms with Crippen molar-refractivity contribution in [2.45, 2.75) is 15.2 Å². The number of nitrogens with zero attached hydrogens (tertiary/aromatic N) is 4. The molecule has 0 aliphatic heterocycles. The van der Waals surface area contributed by atoms with E-state index in [0.29, 0.717) is 9.90 Å². The lowest BCUT2D eigenvalue weighted by molar-refractivity contribution is 0.0600. The van der Waals surface area contributed by atoms with Crippen LogP contribution in [0.5, 0.6) is 0 Å². The van der Waals surface area contributed by atoms with Gasteiger partial charge in [0.05, 0.1) is 29.6 Å². The highest BCUT2D eigenvalue weighted by atomic mass is 35.5. The molecule has 1 amide bonds. The molecule has 31 heavy (non-hydrogen) atoms. The largest absolute Gasteiger partial charge is 0.465 e. The Morgan fingerprint density at radius 2 is 2.06 bits per heavy atom. The lowest BCUT2D eigenvalue weighted by Crippen LogP contribution is -2.18. The first kappa shape index (κ1) is 23.1. The summed E-state index contributed by atoms with van der Waals surface area (Å²) in [5, 5.41) is 9.66. The number of nitrogens with one attached hydrogen (secondary N) is 1. The average Bonchev–Trinajstić information content (AvgIpc) is 3.20. The molecule has 0 fully saturated rings. The molecule has 14 heteroatoms. The van der Waals surface area contributed by atoms with E-state index in [4.69, 9.17) is 11.6 Å². The van der Waals surface area contributed by atoms with Gasteiger partial charge in [0.25, 0.3) is 5.91 Å². The maximum absolute atomic E-state index is 12.8. The number of aromatic nitrogens is 4. The Hall–Kier alpha value is -2.61. The summed E-state index contributed by atoms with van der Waals surface area (Å²) in [7, 11) is -2.82. The van der Waals surface area contributed by atoms with Crippen molar-refractivity contribution in [2.24, 2.45) is 0 Å². The second kappa shape index (κ2) is 9.68. The molecule has 1 N–H and O–H groups in total. The Kier molecular flexibility index (Phi) is 7.20. The van der Waals surface area contributed by atoms with Gasteiger partial charge in [-0.25, -0.2) is 23.2 Å². The third-order valence-electron chi connectivity index (χ3n) is 3.72. The number of thioether (sulfide) groups is 1. The normalized spacial score (nSPS) is 11.2. The van der Waals surface area contributed by atoms with Crippen molar-refractivity contribution >= 4 is 61.5 Å². The summed E-state index contributed by atoms with van der Waals surface area (Å²) in [5.74, 6) is -1.84. The van der Waals surface area contributed by atoms with Crippen LogP contribution in [0, 0.1) is 0 Å². The number of rotatable bonds is 7. The number of benzene rings is 1. The lowest BCUT2D eigenvalue weighted by Gasteiger charge is -2.07. The van der Waals surface area contributed by atoms with Crippen molar-refractivity contribution in [3.05, 3.63) is 52.3 Å². The summed E-state index contributed by atoms with van der Waals surface area (Å²) in [4.78, 5) is 31.8. The molecule has 3 rings (SSSR count). The summed E-state index contributed by atoms with van der Waals surface area (Å²) >= 11 is 8.51. The number of esters is 1. The van der Waals surface area contributed by atoms with Gasteiger partial charge < -0.3 is 4.74 Å². The third kappa shape index (κ3) is 5.55. The molecule has 0 aliphatic carbocycles. The van der Waals surface area contributed by atoms with Crippen LogP contribution in [-0.4, -0.2) is 53.8 Å². The van der Waals surface area contributed by atoms with Crippen LogP contribution in [0.1, 0.15) is 26.4 Å². The Bertz CT molecular complexity index is 1250. The molecule has 162 valence electrons. The maximum Gasteiger partial charge on any atom is 0.337 e. The zero-order valence-electron chi connectivity index (χ0n) is 16.0. The predicted molar refractivity (Wildman–Crippen MR) is 115 cm³/mol. The van der Waals surface area contributed by atoms with Gasteiger partial charge in [-0.05, 0) is 24.0 Å². The molecule has 0 bridgehead atoms. The second-order valence-corrected chi connectivity index (χ2v) is 10.2. The molecule has 0 atom stereocenters. The molecule has 0 aliphatic rings. The van der Waals surface area contributed by atoms with Crippen molar-refractivity contribution in [3.8, 4) is 0 Å². The molecular weight excluding hydrogens is 486 g/mol. The van der Waals surface area contributed by atoms with Gasteiger partial charge in [0.2, 0.25) is 20.1 Å². The molecule has 10 nitrogen and oxygen atoms in total. The number of carbonyl (C=O) groups is 2. The minimum absolute atomic E-state index is 0.126. The van der Waals surface area contributed by atoms with E-state index in [1.807, 2.05) is 6.26 Å². The van der Waals surface area contributed by atoms with Crippen LogP contribution in [0.25, 0.3) is 0 Å². The standard InChI is InChI=1S/C17H14ClN5O5S3/c1-28-14(25)10-5-3-4-9(6-10)8-31(26,27)16-19-7-11(18)12(20-16)13(24)21-15-22-23-17(29-2)30-15/h3-7H,8H2,1-2H3,(H,21,22,24). The zero-order valence-corrected chi connectivity index (χ0v) is 19.2. The van der Waals surface area contributed by atoms with Crippen LogP contribution in [0.15, 0.2) is 40.0 Å². The average molecular weight is 500 g/mol. The van der Waals surface area contributed by atoms with Gasteiger partial charge in [0.1, 0.15) is 0 Å². The molecule has 0 radical (unpaired) electrons. The van der Waals surface area contributed by atoms with Gasteiger partial charge in [-0.3, -0.25) is 10.1 Å². The SMILES string of the molecule is COC(=O)c1cccc(CS(=O)(=O)c2ncc(Cl)c(C(=O)Nc3nnc(SC)s3)n2)c1. The van der Waals surface area contributed by atoms with Crippen molar-refractivity contribution in [3.63, 3.8) is 0 Å². The summed E-state index contributed by atoms with van der Waals surface area (Å²) in [6.07, 6.45) is 2.85. The van der Waals surface area contributed by atoms with Gasteiger partial charge >= 0.3 is 5.97 Å². The van der Waals surface area contributed by atoms with Crippen LogP contribution in [0.3, 0.4) is 0 Å². The molecule has 0 saturated carbocycles. The second-order valence-electron chi connectivity index (χ2n) is 5.83. The van der Waals surface area contributed by atoms with Crippen molar-refractivity contribution in [1.29, 1.82) is 0 Å². The van der Waals surface area contributed by atoms with E-state index < -0.39 is 32.6 Å². The number of ether oxygens (including phenoxy) is 1. The summed E-state index contributed by atoms with van der Waals surface area (Å²) in [6.45, 7) is 0. The van der Waals surface area contributed by atoms with Gasteiger partial charge in [-0.2, -0.15) is 0 Å². The highest BCUT2D eigenvalue weighted by Crippen LogP contribution is 2.24. The molecular formula is C17H14ClN5O5S3. The predicted octanol–water partition coefficient (Wildman–Crippen LogP) is 2.72. The van der Waals surface area contributed by atoms with E-state index in [1.165, 1.54) is 43.1 Å². The topological polar surface area (TPSA) is 141 Å². The Morgan fingerprint density at radius 1 is 1.29 bits per heavy atom. The molecule has 3 aromatic rings.